The van der Waals surface area contributed by atoms with Crippen molar-refractivity contribution in [1.29, 1.82) is 0 Å². The van der Waals surface area contributed by atoms with Crippen LogP contribution in [-0.4, -0.2) is 0 Å². The van der Waals surface area contributed by atoms with Gasteiger partial charge < -0.3 is 4.42 Å². The minimum atomic E-state index is -0.405. The highest BCUT2D eigenvalue weighted by molar-refractivity contribution is 5.93. The van der Waals surface area contributed by atoms with Crippen molar-refractivity contribution in [3.8, 4) is 11.1 Å². The maximum absolute atomic E-state index is 13.2. The quantitative estimate of drug-likeness (QED) is 0.616. The molecule has 1 aromatic heterocycles. The summed E-state index contributed by atoms with van der Waals surface area (Å²) in [6.45, 7) is 1.82. The molecule has 0 aliphatic heterocycles. The summed E-state index contributed by atoms with van der Waals surface area (Å²) in [5.41, 5.74) is 2.52. The van der Waals surface area contributed by atoms with Gasteiger partial charge in [0, 0.05) is 17.0 Å². The molecule has 0 spiro atoms. The molecule has 0 aliphatic rings. The monoisotopic (exact) mass is 254 g/mol. The van der Waals surface area contributed by atoms with Crippen LogP contribution in [0.5, 0.6) is 0 Å². The van der Waals surface area contributed by atoms with Crippen LogP contribution < -0.4 is 5.63 Å². The van der Waals surface area contributed by atoms with Crippen LogP contribution in [0.3, 0.4) is 0 Å². The molecule has 1 heterocycles. The molecule has 2 aromatic carbocycles. The smallest absolute Gasteiger partial charge is 0.336 e. The van der Waals surface area contributed by atoms with Crippen LogP contribution in [0.25, 0.3) is 22.1 Å². The van der Waals surface area contributed by atoms with Gasteiger partial charge in [0.2, 0.25) is 0 Å². The predicted molar refractivity (Wildman–Crippen MR) is 72.6 cm³/mol. The second-order valence-corrected chi connectivity index (χ2v) is 4.43. The lowest BCUT2D eigenvalue weighted by atomic mass is 9.98. The van der Waals surface area contributed by atoms with Gasteiger partial charge in [0.25, 0.3) is 0 Å². The summed E-state index contributed by atoms with van der Waals surface area (Å²) >= 11 is 0. The topological polar surface area (TPSA) is 30.2 Å². The fraction of sp³-hybridized carbons (Fsp3) is 0.0625. The van der Waals surface area contributed by atoms with Crippen LogP contribution in [0.1, 0.15) is 5.56 Å². The van der Waals surface area contributed by atoms with E-state index in [0.29, 0.717) is 5.58 Å². The zero-order chi connectivity index (χ0) is 13.4. The molecule has 0 radical (unpaired) electrons. The van der Waals surface area contributed by atoms with E-state index >= 15 is 0 Å². The van der Waals surface area contributed by atoms with E-state index in [0.717, 1.165) is 22.1 Å². The van der Waals surface area contributed by atoms with Crippen molar-refractivity contribution in [2.75, 3.05) is 0 Å². The highest BCUT2D eigenvalue weighted by Gasteiger charge is 2.09. The zero-order valence-electron chi connectivity index (χ0n) is 10.3. The molecular formula is C16H11FO2. The Hall–Kier alpha value is -2.42. The number of benzene rings is 2. The number of aryl methyl sites for hydroxylation is 1. The Morgan fingerprint density at radius 2 is 1.79 bits per heavy atom. The minimum Gasteiger partial charge on any atom is -0.423 e. The summed E-state index contributed by atoms with van der Waals surface area (Å²) in [5, 5.41) is 0.844. The first-order valence-electron chi connectivity index (χ1n) is 5.94. The first-order valence-corrected chi connectivity index (χ1v) is 5.94. The first-order chi connectivity index (χ1) is 9.15. The number of fused-ring (bicyclic) bond motifs is 1. The molecular weight excluding hydrogens is 243 g/mol. The lowest BCUT2D eigenvalue weighted by Gasteiger charge is -2.08. The molecule has 2 nitrogen and oxygen atoms in total. The number of rotatable bonds is 1. The molecule has 0 saturated heterocycles. The lowest BCUT2D eigenvalue weighted by molar-refractivity contribution is 0.561. The molecule has 0 N–H and O–H groups in total. The van der Waals surface area contributed by atoms with Crippen molar-refractivity contribution in [2.24, 2.45) is 0 Å². The Morgan fingerprint density at radius 1 is 1.00 bits per heavy atom. The molecule has 94 valence electrons. The van der Waals surface area contributed by atoms with Gasteiger partial charge in [-0.2, -0.15) is 0 Å². The molecule has 0 saturated carbocycles. The van der Waals surface area contributed by atoms with E-state index in [1.165, 1.54) is 18.2 Å². The van der Waals surface area contributed by atoms with Crippen molar-refractivity contribution in [3.05, 3.63) is 70.3 Å². The van der Waals surface area contributed by atoms with Crippen LogP contribution >= 0.6 is 0 Å². The second kappa shape index (κ2) is 4.35. The van der Waals surface area contributed by atoms with E-state index in [1.54, 1.807) is 12.1 Å². The van der Waals surface area contributed by atoms with Crippen molar-refractivity contribution in [3.63, 3.8) is 0 Å². The normalized spacial score (nSPS) is 10.8. The van der Waals surface area contributed by atoms with E-state index in [-0.39, 0.29) is 5.82 Å². The fourth-order valence-corrected chi connectivity index (χ4v) is 2.26. The number of hydrogen-bond donors (Lipinski definition) is 0. The standard InChI is InChI=1S/C16H11FO2/c1-10-8-11(17)6-7-12(10)14-9-16(18)19-15-5-3-2-4-13(14)15/h2-9H,1H3. The van der Waals surface area contributed by atoms with Crippen molar-refractivity contribution < 1.29 is 8.81 Å². The molecule has 0 aliphatic carbocycles. The average Bonchev–Trinajstić information content (AvgIpc) is 2.38. The SMILES string of the molecule is Cc1cc(F)ccc1-c1cc(=O)oc2ccccc12. The summed E-state index contributed by atoms with van der Waals surface area (Å²) < 4.78 is 18.3. The van der Waals surface area contributed by atoms with Gasteiger partial charge >= 0.3 is 5.63 Å². The van der Waals surface area contributed by atoms with Crippen molar-refractivity contribution in [2.45, 2.75) is 6.92 Å². The fourth-order valence-electron chi connectivity index (χ4n) is 2.26. The highest BCUT2D eigenvalue weighted by atomic mass is 19.1. The Labute approximate surface area is 109 Å². The van der Waals surface area contributed by atoms with Crippen LogP contribution in [0, 0.1) is 12.7 Å². The third kappa shape index (κ3) is 2.03. The maximum Gasteiger partial charge on any atom is 0.336 e. The Balaban J connectivity index is 2.39. The van der Waals surface area contributed by atoms with Gasteiger partial charge in [-0.15, -0.1) is 0 Å². The maximum atomic E-state index is 13.2. The average molecular weight is 254 g/mol. The van der Waals surface area contributed by atoms with Gasteiger partial charge in [-0.05, 0) is 36.2 Å². The van der Waals surface area contributed by atoms with Gasteiger partial charge in [0.05, 0.1) is 0 Å². The number of hydrogen-bond acceptors (Lipinski definition) is 2. The molecule has 0 amide bonds. The van der Waals surface area contributed by atoms with Crippen LogP contribution in [-0.2, 0) is 0 Å². The Kier molecular flexibility index (Phi) is 2.67. The Bertz CT molecular complexity index is 818. The third-order valence-electron chi connectivity index (χ3n) is 3.13. The molecule has 0 atom stereocenters. The molecule has 19 heavy (non-hydrogen) atoms. The van der Waals surface area contributed by atoms with Crippen molar-refractivity contribution >= 4 is 11.0 Å². The van der Waals surface area contributed by atoms with E-state index in [2.05, 4.69) is 0 Å². The third-order valence-corrected chi connectivity index (χ3v) is 3.13. The van der Waals surface area contributed by atoms with Gasteiger partial charge in [-0.1, -0.05) is 24.3 Å². The predicted octanol–water partition coefficient (Wildman–Crippen LogP) is 3.91. The molecule has 0 fully saturated rings. The van der Waals surface area contributed by atoms with Crippen LogP contribution in [0.4, 0.5) is 4.39 Å². The molecule has 3 aromatic rings. The van der Waals surface area contributed by atoms with Gasteiger partial charge in [0.1, 0.15) is 11.4 Å². The van der Waals surface area contributed by atoms with Crippen LogP contribution in [0.2, 0.25) is 0 Å². The van der Waals surface area contributed by atoms with E-state index < -0.39 is 5.63 Å². The highest BCUT2D eigenvalue weighted by Crippen LogP contribution is 2.29. The lowest BCUT2D eigenvalue weighted by Crippen LogP contribution is -1.98. The summed E-state index contributed by atoms with van der Waals surface area (Å²) in [7, 11) is 0. The molecule has 3 rings (SSSR count). The van der Waals surface area contributed by atoms with Gasteiger partial charge in [0.15, 0.2) is 0 Å². The van der Waals surface area contributed by atoms with E-state index in [4.69, 9.17) is 4.42 Å². The minimum absolute atomic E-state index is 0.284. The number of para-hydroxylation sites is 1. The number of halogens is 1. The van der Waals surface area contributed by atoms with Gasteiger partial charge in [-0.25, -0.2) is 9.18 Å². The van der Waals surface area contributed by atoms with Crippen LogP contribution in [0.15, 0.2) is 57.7 Å². The van der Waals surface area contributed by atoms with E-state index in [1.807, 2.05) is 25.1 Å². The molecule has 3 heteroatoms. The Morgan fingerprint density at radius 3 is 2.58 bits per heavy atom. The van der Waals surface area contributed by atoms with E-state index in [9.17, 15) is 9.18 Å². The summed E-state index contributed by atoms with van der Waals surface area (Å²) in [5.74, 6) is -0.284. The first kappa shape index (κ1) is 11.7. The summed E-state index contributed by atoms with van der Waals surface area (Å²) in [6.07, 6.45) is 0. The summed E-state index contributed by atoms with van der Waals surface area (Å²) in [4.78, 5) is 11.6. The van der Waals surface area contributed by atoms with Crippen molar-refractivity contribution in [1.82, 2.24) is 0 Å². The molecule has 0 bridgehead atoms. The molecule has 0 unspecified atom stereocenters. The summed E-state index contributed by atoms with van der Waals surface area (Å²) in [6, 6.07) is 13.3. The zero-order valence-corrected chi connectivity index (χ0v) is 10.3. The second-order valence-electron chi connectivity index (χ2n) is 4.43. The largest absolute Gasteiger partial charge is 0.423 e. The van der Waals surface area contributed by atoms with Gasteiger partial charge in [-0.3, -0.25) is 0 Å².